The maximum Gasteiger partial charge on any atom is 0.261 e. The Kier molecular flexibility index (Phi) is 5.63. The summed E-state index contributed by atoms with van der Waals surface area (Å²) >= 11 is 12.1. The number of nitrogens with zero attached hydrogens (tertiary/aromatic N) is 1. The monoisotopic (exact) mass is 338 g/mol. The molecule has 0 spiro atoms. The van der Waals surface area contributed by atoms with E-state index in [1.165, 1.54) is 0 Å². The van der Waals surface area contributed by atoms with Crippen molar-refractivity contribution < 1.29 is 9.53 Å². The van der Waals surface area contributed by atoms with Crippen molar-refractivity contribution in [2.75, 3.05) is 0 Å². The number of carbonyl (C=O) groups is 1. The molecule has 0 saturated heterocycles. The first-order valence-electron chi connectivity index (χ1n) is 6.76. The highest BCUT2D eigenvalue weighted by Crippen LogP contribution is 2.31. The molecule has 1 atom stereocenters. The van der Waals surface area contributed by atoms with Crippen LogP contribution in [0.4, 0.5) is 0 Å². The summed E-state index contributed by atoms with van der Waals surface area (Å²) in [5.41, 5.74) is 1.76. The SMILES string of the molecule is Cc1cc(OC(C)C(=O)NCc2cccnc2)c(Cl)cc1Cl. The minimum Gasteiger partial charge on any atom is -0.479 e. The van der Waals surface area contributed by atoms with Gasteiger partial charge in [0.2, 0.25) is 0 Å². The van der Waals surface area contributed by atoms with E-state index in [0.717, 1.165) is 11.1 Å². The summed E-state index contributed by atoms with van der Waals surface area (Å²) in [6.45, 7) is 3.91. The molecule has 6 heteroatoms. The minimum absolute atomic E-state index is 0.229. The van der Waals surface area contributed by atoms with Gasteiger partial charge in [-0.25, -0.2) is 0 Å². The van der Waals surface area contributed by atoms with E-state index in [-0.39, 0.29) is 5.91 Å². The minimum atomic E-state index is -0.672. The van der Waals surface area contributed by atoms with Gasteiger partial charge < -0.3 is 10.1 Å². The normalized spacial score (nSPS) is 11.8. The molecule has 1 unspecified atom stereocenters. The van der Waals surface area contributed by atoms with Crippen molar-refractivity contribution in [2.45, 2.75) is 26.5 Å². The molecule has 1 amide bonds. The molecular formula is C16H16Cl2N2O2. The number of rotatable bonds is 5. The Morgan fingerprint density at radius 1 is 1.36 bits per heavy atom. The fraction of sp³-hybridized carbons (Fsp3) is 0.250. The van der Waals surface area contributed by atoms with Gasteiger partial charge in [0, 0.05) is 24.0 Å². The van der Waals surface area contributed by atoms with Crippen LogP contribution < -0.4 is 10.1 Å². The molecule has 0 aliphatic heterocycles. The van der Waals surface area contributed by atoms with Crippen LogP contribution in [0.15, 0.2) is 36.7 Å². The lowest BCUT2D eigenvalue weighted by Gasteiger charge is -2.16. The predicted molar refractivity (Wildman–Crippen MR) is 87.4 cm³/mol. The van der Waals surface area contributed by atoms with Crippen molar-refractivity contribution in [3.8, 4) is 5.75 Å². The highest BCUT2D eigenvalue weighted by Gasteiger charge is 2.16. The number of halogens is 2. The van der Waals surface area contributed by atoms with Crippen molar-refractivity contribution in [2.24, 2.45) is 0 Å². The van der Waals surface area contributed by atoms with E-state index in [9.17, 15) is 4.79 Å². The summed E-state index contributed by atoms with van der Waals surface area (Å²) in [4.78, 5) is 16.1. The summed E-state index contributed by atoms with van der Waals surface area (Å²) in [7, 11) is 0. The molecular weight excluding hydrogens is 323 g/mol. The third-order valence-corrected chi connectivity index (χ3v) is 3.78. The Bertz CT molecular complexity index is 663. The van der Waals surface area contributed by atoms with Gasteiger partial charge in [0.25, 0.3) is 5.91 Å². The van der Waals surface area contributed by atoms with E-state index in [4.69, 9.17) is 27.9 Å². The van der Waals surface area contributed by atoms with Gasteiger partial charge in [-0.15, -0.1) is 0 Å². The Morgan fingerprint density at radius 3 is 2.82 bits per heavy atom. The molecule has 4 nitrogen and oxygen atoms in total. The van der Waals surface area contributed by atoms with E-state index >= 15 is 0 Å². The van der Waals surface area contributed by atoms with Crippen LogP contribution in [-0.2, 0) is 11.3 Å². The third kappa shape index (κ3) is 4.36. The number of amides is 1. The number of pyridine rings is 1. The molecule has 1 aromatic carbocycles. The van der Waals surface area contributed by atoms with E-state index in [2.05, 4.69) is 10.3 Å². The number of hydrogen-bond donors (Lipinski definition) is 1. The van der Waals surface area contributed by atoms with Crippen LogP contribution in [0.3, 0.4) is 0 Å². The zero-order chi connectivity index (χ0) is 16.1. The van der Waals surface area contributed by atoms with Crippen LogP contribution >= 0.6 is 23.2 Å². The first-order valence-corrected chi connectivity index (χ1v) is 7.52. The van der Waals surface area contributed by atoms with E-state index in [0.29, 0.717) is 22.3 Å². The standard InChI is InChI=1S/C16H16Cl2N2O2/c1-10-6-15(14(18)7-13(10)17)22-11(2)16(21)20-9-12-4-3-5-19-8-12/h3-8,11H,9H2,1-2H3,(H,20,21). The zero-order valence-electron chi connectivity index (χ0n) is 12.3. The number of carbonyl (C=O) groups excluding carboxylic acids is 1. The molecule has 116 valence electrons. The van der Waals surface area contributed by atoms with Gasteiger partial charge in [0.1, 0.15) is 5.75 Å². The summed E-state index contributed by atoms with van der Waals surface area (Å²) in [6.07, 6.45) is 2.71. The molecule has 2 rings (SSSR count). The van der Waals surface area contributed by atoms with Crippen LogP contribution in [0.2, 0.25) is 10.0 Å². The number of nitrogens with one attached hydrogen (secondary N) is 1. The lowest BCUT2D eigenvalue weighted by atomic mass is 10.2. The van der Waals surface area contributed by atoms with Gasteiger partial charge in [0.15, 0.2) is 6.10 Å². The third-order valence-electron chi connectivity index (χ3n) is 3.08. The van der Waals surface area contributed by atoms with Gasteiger partial charge in [-0.3, -0.25) is 9.78 Å². The topological polar surface area (TPSA) is 51.2 Å². The Labute approximate surface area is 139 Å². The zero-order valence-corrected chi connectivity index (χ0v) is 13.8. The largest absolute Gasteiger partial charge is 0.479 e. The summed E-state index contributed by atoms with van der Waals surface area (Å²) in [5.74, 6) is 0.208. The van der Waals surface area contributed by atoms with Crippen LogP contribution in [0.5, 0.6) is 5.75 Å². The van der Waals surface area contributed by atoms with Crippen molar-refractivity contribution >= 4 is 29.1 Å². The molecule has 2 aromatic rings. The fourth-order valence-corrected chi connectivity index (χ4v) is 2.23. The maximum atomic E-state index is 12.1. The van der Waals surface area contributed by atoms with Gasteiger partial charge in [-0.2, -0.15) is 0 Å². The quantitative estimate of drug-likeness (QED) is 0.902. The Hall–Kier alpha value is -1.78. The van der Waals surface area contributed by atoms with Crippen molar-refractivity contribution in [3.05, 3.63) is 57.8 Å². The van der Waals surface area contributed by atoms with Gasteiger partial charge in [-0.1, -0.05) is 29.3 Å². The average Bonchev–Trinajstić information content (AvgIpc) is 2.51. The van der Waals surface area contributed by atoms with Crippen LogP contribution in [0.1, 0.15) is 18.1 Å². The van der Waals surface area contributed by atoms with Crippen molar-refractivity contribution in [1.82, 2.24) is 10.3 Å². The number of ether oxygens (including phenoxy) is 1. The summed E-state index contributed by atoms with van der Waals surface area (Å²) in [5, 5.41) is 3.73. The second kappa shape index (κ2) is 7.47. The highest BCUT2D eigenvalue weighted by molar-refractivity contribution is 6.36. The predicted octanol–water partition coefficient (Wildman–Crippen LogP) is 3.78. The highest BCUT2D eigenvalue weighted by atomic mass is 35.5. The lowest BCUT2D eigenvalue weighted by Crippen LogP contribution is -2.36. The number of benzene rings is 1. The molecule has 1 N–H and O–H groups in total. The van der Waals surface area contributed by atoms with Gasteiger partial charge in [-0.05, 0) is 43.2 Å². The average molecular weight is 339 g/mol. The number of hydrogen-bond acceptors (Lipinski definition) is 3. The summed E-state index contributed by atoms with van der Waals surface area (Å²) < 4.78 is 5.61. The van der Waals surface area contributed by atoms with Crippen LogP contribution in [-0.4, -0.2) is 17.0 Å². The molecule has 22 heavy (non-hydrogen) atoms. The molecule has 0 bridgehead atoms. The van der Waals surface area contributed by atoms with Crippen molar-refractivity contribution in [1.29, 1.82) is 0 Å². The first-order chi connectivity index (χ1) is 10.5. The Balaban J connectivity index is 1.95. The first kappa shape index (κ1) is 16.6. The van der Waals surface area contributed by atoms with Crippen LogP contribution in [0, 0.1) is 6.92 Å². The number of aromatic nitrogens is 1. The molecule has 0 aliphatic rings. The fourth-order valence-electron chi connectivity index (χ4n) is 1.80. The maximum absolute atomic E-state index is 12.1. The molecule has 0 saturated carbocycles. The second-order valence-electron chi connectivity index (χ2n) is 4.87. The van der Waals surface area contributed by atoms with Gasteiger partial charge in [0.05, 0.1) is 5.02 Å². The lowest BCUT2D eigenvalue weighted by molar-refractivity contribution is -0.127. The van der Waals surface area contributed by atoms with E-state index in [1.54, 1.807) is 31.5 Å². The van der Waals surface area contributed by atoms with Crippen molar-refractivity contribution in [3.63, 3.8) is 0 Å². The summed E-state index contributed by atoms with van der Waals surface area (Å²) in [6, 6.07) is 7.03. The van der Waals surface area contributed by atoms with Crippen LogP contribution in [0.25, 0.3) is 0 Å². The smallest absolute Gasteiger partial charge is 0.261 e. The van der Waals surface area contributed by atoms with E-state index < -0.39 is 6.10 Å². The molecule has 1 heterocycles. The molecule has 0 fully saturated rings. The Morgan fingerprint density at radius 2 is 2.14 bits per heavy atom. The second-order valence-corrected chi connectivity index (χ2v) is 5.69. The van der Waals surface area contributed by atoms with Gasteiger partial charge >= 0.3 is 0 Å². The number of aryl methyl sites for hydroxylation is 1. The molecule has 0 aliphatic carbocycles. The van der Waals surface area contributed by atoms with E-state index in [1.807, 2.05) is 19.1 Å². The molecule has 1 aromatic heterocycles. The molecule has 0 radical (unpaired) electrons.